The van der Waals surface area contributed by atoms with Crippen molar-refractivity contribution >= 4 is 5.91 Å². The van der Waals surface area contributed by atoms with Crippen LogP contribution in [-0.4, -0.2) is 49.5 Å². The molecule has 182 valence electrons. The summed E-state index contributed by atoms with van der Waals surface area (Å²) in [5.41, 5.74) is -0.474. The molecule has 0 saturated carbocycles. The predicted octanol–water partition coefficient (Wildman–Crippen LogP) is 4.92. The number of amides is 1. The van der Waals surface area contributed by atoms with E-state index in [-0.39, 0.29) is 11.4 Å². The Bertz CT molecular complexity index is 1090. The van der Waals surface area contributed by atoms with Gasteiger partial charge in [0.25, 0.3) is 5.91 Å². The molecule has 11 heteroatoms. The van der Waals surface area contributed by atoms with Gasteiger partial charge in [0.2, 0.25) is 5.88 Å². The van der Waals surface area contributed by atoms with Crippen molar-refractivity contribution < 1.29 is 27.1 Å². The lowest BCUT2D eigenvalue weighted by Crippen LogP contribution is -2.49. The highest BCUT2D eigenvalue weighted by atomic mass is 19.4. The fourth-order valence-electron chi connectivity index (χ4n) is 3.77. The second-order valence-electron chi connectivity index (χ2n) is 7.49. The average molecular weight is 479 g/mol. The third kappa shape index (κ3) is 5.52. The summed E-state index contributed by atoms with van der Waals surface area (Å²) in [6, 6.07) is 5.39. The Kier molecular flexibility index (Phi) is 7.85. The fourth-order valence-corrected chi connectivity index (χ4v) is 3.77. The van der Waals surface area contributed by atoms with Crippen LogP contribution in [0.4, 0.5) is 17.6 Å². The summed E-state index contributed by atoms with van der Waals surface area (Å²) >= 11 is 0. The second-order valence-corrected chi connectivity index (χ2v) is 7.49. The Morgan fingerprint density at radius 3 is 2.32 bits per heavy atom. The van der Waals surface area contributed by atoms with E-state index in [9.17, 15) is 22.4 Å². The smallest absolute Gasteiger partial charge is 0.417 e. The summed E-state index contributed by atoms with van der Waals surface area (Å²) in [6.07, 6.45) is -0.506. The molecule has 0 N–H and O–H groups in total. The molecule has 0 saturated heterocycles. The minimum atomic E-state index is -4.50. The first-order valence-corrected chi connectivity index (χ1v) is 10.9. The van der Waals surface area contributed by atoms with Gasteiger partial charge >= 0.3 is 6.18 Å². The summed E-state index contributed by atoms with van der Waals surface area (Å²) in [4.78, 5) is 20.1. The number of carbonyl (C=O) groups is 1. The highest BCUT2D eigenvalue weighted by Gasteiger charge is 2.33. The zero-order valence-corrected chi connectivity index (χ0v) is 19.0. The molecule has 0 fully saturated rings. The van der Waals surface area contributed by atoms with Crippen molar-refractivity contribution in [2.75, 3.05) is 6.54 Å². The minimum Gasteiger partial charge on any atom is -0.472 e. The van der Waals surface area contributed by atoms with Crippen molar-refractivity contribution in [1.82, 2.24) is 24.9 Å². The van der Waals surface area contributed by atoms with Gasteiger partial charge in [0, 0.05) is 18.8 Å². The molecule has 1 aromatic carbocycles. The van der Waals surface area contributed by atoms with Crippen molar-refractivity contribution in [2.45, 2.75) is 51.9 Å². The first-order chi connectivity index (χ1) is 16.2. The summed E-state index contributed by atoms with van der Waals surface area (Å²) < 4.78 is 58.5. The Morgan fingerprint density at radius 1 is 1.09 bits per heavy atom. The van der Waals surface area contributed by atoms with E-state index in [2.05, 4.69) is 15.2 Å². The highest BCUT2D eigenvalue weighted by Crippen LogP contribution is 2.30. The maximum absolute atomic E-state index is 14.1. The van der Waals surface area contributed by atoms with Gasteiger partial charge in [0.05, 0.1) is 35.2 Å². The van der Waals surface area contributed by atoms with Crippen LogP contribution in [0.15, 0.2) is 48.9 Å². The van der Waals surface area contributed by atoms with Crippen molar-refractivity contribution in [3.8, 4) is 11.6 Å². The van der Waals surface area contributed by atoms with Gasteiger partial charge in [-0.15, -0.1) is 0 Å². The van der Waals surface area contributed by atoms with Gasteiger partial charge in [-0.1, -0.05) is 13.8 Å². The number of halogens is 4. The normalized spacial score (nSPS) is 13.4. The van der Waals surface area contributed by atoms with E-state index in [1.807, 2.05) is 13.8 Å². The molecule has 2 aromatic heterocycles. The number of aromatic nitrogens is 4. The van der Waals surface area contributed by atoms with Gasteiger partial charge in [-0.05, 0) is 44.0 Å². The number of ether oxygens (including phenoxy) is 1. The summed E-state index contributed by atoms with van der Waals surface area (Å²) in [6.45, 7) is 5.79. The molecular weight excluding hydrogens is 454 g/mol. The molecule has 2 atom stereocenters. The zero-order chi connectivity index (χ0) is 24.9. The number of alkyl halides is 3. The number of rotatable bonds is 9. The van der Waals surface area contributed by atoms with E-state index in [0.717, 1.165) is 18.2 Å². The highest BCUT2D eigenvalue weighted by molar-refractivity contribution is 5.98. The average Bonchev–Trinajstić information content (AvgIpc) is 3.35. The Morgan fingerprint density at radius 2 is 1.79 bits per heavy atom. The van der Waals surface area contributed by atoms with Gasteiger partial charge in [0.1, 0.15) is 11.9 Å². The van der Waals surface area contributed by atoms with Crippen LogP contribution in [0.3, 0.4) is 0 Å². The molecule has 0 spiro atoms. The largest absolute Gasteiger partial charge is 0.472 e. The summed E-state index contributed by atoms with van der Waals surface area (Å²) in [5, 5.41) is 8.08. The monoisotopic (exact) mass is 479 g/mol. The number of benzene rings is 1. The standard InChI is InChI=1S/C23H25F4N5O2/c1-4-18(20(5-2)34-21-10-7-15(14-28-21)23(25,26)27)31(6-3)22(33)17-13-16(24)8-9-19(17)32-29-11-12-30-32/h7-14,18,20H,4-6H2,1-3H3. The number of carbonyl (C=O) groups excluding carboxylic acids is 1. The lowest BCUT2D eigenvalue weighted by atomic mass is 10.0. The molecule has 0 aliphatic carbocycles. The first kappa shape index (κ1) is 25.1. The van der Waals surface area contributed by atoms with Gasteiger partial charge in [0.15, 0.2) is 0 Å². The van der Waals surface area contributed by atoms with Crippen LogP contribution < -0.4 is 4.74 Å². The lowest BCUT2D eigenvalue weighted by Gasteiger charge is -2.36. The fraction of sp³-hybridized carbons (Fsp3) is 0.391. The van der Waals surface area contributed by atoms with E-state index in [4.69, 9.17) is 4.74 Å². The molecule has 0 aliphatic heterocycles. The number of nitrogens with zero attached hydrogens (tertiary/aromatic N) is 5. The number of hydrogen-bond donors (Lipinski definition) is 0. The molecule has 3 rings (SSSR count). The second kappa shape index (κ2) is 10.6. The number of pyridine rings is 1. The summed E-state index contributed by atoms with van der Waals surface area (Å²) in [7, 11) is 0. The van der Waals surface area contributed by atoms with Crippen molar-refractivity contribution in [3.63, 3.8) is 0 Å². The topological polar surface area (TPSA) is 73.1 Å². The molecule has 3 aromatic rings. The van der Waals surface area contributed by atoms with Crippen LogP contribution in [0.5, 0.6) is 5.88 Å². The van der Waals surface area contributed by atoms with E-state index in [1.165, 1.54) is 29.3 Å². The van der Waals surface area contributed by atoms with Gasteiger partial charge in [-0.2, -0.15) is 28.2 Å². The van der Waals surface area contributed by atoms with Crippen LogP contribution in [0.2, 0.25) is 0 Å². The van der Waals surface area contributed by atoms with Crippen molar-refractivity contribution in [2.24, 2.45) is 0 Å². The van der Waals surface area contributed by atoms with Gasteiger partial charge in [-0.25, -0.2) is 9.37 Å². The van der Waals surface area contributed by atoms with E-state index in [0.29, 0.717) is 31.3 Å². The van der Waals surface area contributed by atoms with E-state index in [1.54, 1.807) is 11.8 Å². The number of hydrogen-bond acceptors (Lipinski definition) is 5. The Balaban J connectivity index is 1.89. The molecule has 0 bridgehead atoms. The lowest BCUT2D eigenvalue weighted by molar-refractivity contribution is -0.137. The molecule has 0 radical (unpaired) electrons. The van der Waals surface area contributed by atoms with Gasteiger partial charge in [-0.3, -0.25) is 4.79 Å². The molecule has 34 heavy (non-hydrogen) atoms. The zero-order valence-electron chi connectivity index (χ0n) is 19.0. The van der Waals surface area contributed by atoms with E-state index >= 15 is 0 Å². The third-order valence-electron chi connectivity index (χ3n) is 5.41. The third-order valence-corrected chi connectivity index (χ3v) is 5.41. The van der Waals surface area contributed by atoms with Crippen LogP contribution in [0.1, 0.15) is 49.5 Å². The minimum absolute atomic E-state index is 0.0222. The first-order valence-electron chi connectivity index (χ1n) is 10.9. The van der Waals surface area contributed by atoms with Crippen LogP contribution in [0, 0.1) is 5.82 Å². The molecule has 0 aliphatic rings. The molecular formula is C23H25F4N5O2. The van der Waals surface area contributed by atoms with E-state index < -0.39 is 35.6 Å². The maximum atomic E-state index is 14.1. The quantitative estimate of drug-likeness (QED) is 0.408. The molecule has 1 amide bonds. The number of likely N-dealkylation sites (N-methyl/N-ethyl adjacent to an activating group) is 1. The Labute approximate surface area is 194 Å². The molecule has 2 unspecified atom stereocenters. The maximum Gasteiger partial charge on any atom is 0.417 e. The SMILES string of the molecule is CCC(Oc1ccc(C(F)(F)F)cn1)C(CC)N(CC)C(=O)c1cc(F)ccc1-n1nccn1. The molecule has 7 nitrogen and oxygen atoms in total. The summed E-state index contributed by atoms with van der Waals surface area (Å²) in [5.74, 6) is -1.00. The van der Waals surface area contributed by atoms with Crippen molar-refractivity contribution in [3.05, 3.63) is 65.9 Å². The van der Waals surface area contributed by atoms with Gasteiger partial charge < -0.3 is 9.64 Å². The van der Waals surface area contributed by atoms with Crippen LogP contribution >= 0.6 is 0 Å². The van der Waals surface area contributed by atoms with Crippen LogP contribution in [-0.2, 0) is 6.18 Å². The van der Waals surface area contributed by atoms with Crippen molar-refractivity contribution in [1.29, 1.82) is 0 Å². The molecule has 2 heterocycles. The van der Waals surface area contributed by atoms with Crippen LogP contribution in [0.25, 0.3) is 5.69 Å². The predicted molar refractivity (Wildman–Crippen MR) is 116 cm³/mol. The Hall–Kier alpha value is -3.50.